The summed E-state index contributed by atoms with van der Waals surface area (Å²) in [4.78, 5) is 5.23. The van der Waals surface area contributed by atoms with Gasteiger partial charge in [0.2, 0.25) is 0 Å². The van der Waals surface area contributed by atoms with Crippen molar-refractivity contribution < 1.29 is 0 Å². The summed E-state index contributed by atoms with van der Waals surface area (Å²) in [7, 11) is -1.46. The highest BCUT2D eigenvalue weighted by Gasteiger charge is 2.40. The zero-order valence-electron chi connectivity index (χ0n) is 16.8. The van der Waals surface area contributed by atoms with Gasteiger partial charge in [-0.15, -0.1) is 0 Å². The number of rotatable bonds is 5. The molecule has 0 saturated carbocycles. The van der Waals surface area contributed by atoms with Gasteiger partial charge in [0.25, 0.3) is 0 Å². The summed E-state index contributed by atoms with van der Waals surface area (Å²) in [6, 6.07) is 24.5. The van der Waals surface area contributed by atoms with Crippen molar-refractivity contribution in [3.8, 4) is 6.07 Å². The van der Waals surface area contributed by atoms with Gasteiger partial charge < -0.3 is 0 Å². The maximum absolute atomic E-state index is 9.03. The molecule has 3 rings (SSSR count). The summed E-state index contributed by atoms with van der Waals surface area (Å²) in [6.45, 7) is 11.1. The lowest BCUT2D eigenvalue weighted by Crippen LogP contribution is -2.69. The first-order valence-electron chi connectivity index (χ1n) is 9.96. The molecule has 0 spiro atoms. The molecule has 1 heterocycles. The minimum absolute atomic E-state index is 0.140. The average molecular weight is 378 g/mol. The van der Waals surface area contributed by atoms with Crippen molar-refractivity contribution in [3.63, 3.8) is 0 Å². The van der Waals surface area contributed by atoms with Gasteiger partial charge in [0.1, 0.15) is 8.80 Å². The molecule has 2 aromatic rings. The van der Waals surface area contributed by atoms with Crippen LogP contribution in [-0.2, 0) is 0 Å². The highest BCUT2D eigenvalue weighted by Crippen LogP contribution is 2.23. The van der Waals surface area contributed by atoms with Crippen molar-refractivity contribution in [2.45, 2.75) is 38.4 Å². The monoisotopic (exact) mass is 377 g/mol. The topological polar surface area (TPSA) is 30.3 Å². The van der Waals surface area contributed by atoms with Crippen LogP contribution in [0.25, 0.3) is 0 Å². The molecule has 0 aromatic heterocycles. The van der Waals surface area contributed by atoms with Crippen LogP contribution < -0.4 is 10.4 Å². The summed E-state index contributed by atoms with van der Waals surface area (Å²) < 4.78 is 0. The number of piperazine rings is 1. The van der Waals surface area contributed by atoms with Crippen LogP contribution in [0.5, 0.6) is 0 Å². The summed E-state index contributed by atoms with van der Waals surface area (Å²) in [6.07, 6.45) is 0.616. The molecular formula is C23H31N3Si. The minimum Gasteiger partial charge on any atom is -0.300 e. The summed E-state index contributed by atoms with van der Waals surface area (Å²) in [5, 5.41) is 12.0. The van der Waals surface area contributed by atoms with E-state index in [1.165, 1.54) is 10.4 Å². The third kappa shape index (κ3) is 4.87. The molecule has 3 nitrogen and oxygen atoms in total. The zero-order chi connectivity index (χ0) is 19.3. The number of nitriles is 1. The van der Waals surface area contributed by atoms with Crippen molar-refractivity contribution in [2.24, 2.45) is 0 Å². The van der Waals surface area contributed by atoms with E-state index in [0.717, 1.165) is 26.2 Å². The maximum atomic E-state index is 9.03. The van der Waals surface area contributed by atoms with Gasteiger partial charge in [0, 0.05) is 43.8 Å². The van der Waals surface area contributed by atoms with E-state index in [-0.39, 0.29) is 5.54 Å². The van der Waals surface area contributed by atoms with Gasteiger partial charge in [-0.05, 0) is 20.8 Å². The standard InChI is InChI=1S/C23H31N3Si/c1-23(2,3)26-18-17-25(16-10-15-24)19-22(26)27(20-11-6-4-7-12-20)21-13-8-5-9-14-21/h4-9,11-14,22,27H,10,16-19H2,1-3H3. The Morgan fingerprint density at radius 3 is 2.00 bits per heavy atom. The van der Waals surface area contributed by atoms with Crippen molar-refractivity contribution in [3.05, 3.63) is 60.7 Å². The lowest BCUT2D eigenvalue weighted by Gasteiger charge is -2.50. The summed E-state index contributed by atoms with van der Waals surface area (Å²) in [5.41, 5.74) is 0.656. The van der Waals surface area contributed by atoms with Crippen LogP contribution in [0, 0.1) is 11.3 Å². The molecule has 1 unspecified atom stereocenters. The molecule has 1 atom stereocenters. The molecule has 1 saturated heterocycles. The third-order valence-electron chi connectivity index (χ3n) is 5.61. The molecule has 1 aliphatic rings. The molecule has 0 N–H and O–H groups in total. The predicted octanol–water partition coefficient (Wildman–Crippen LogP) is 2.27. The van der Waals surface area contributed by atoms with Gasteiger partial charge >= 0.3 is 0 Å². The number of nitrogens with zero attached hydrogens (tertiary/aromatic N) is 3. The van der Waals surface area contributed by atoms with E-state index in [0.29, 0.717) is 12.1 Å². The number of benzene rings is 2. The normalized spacial score (nSPS) is 19.1. The quantitative estimate of drug-likeness (QED) is 0.749. The Bertz CT molecular complexity index is 709. The van der Waals surface area contributed by atoms with Crippen LogP contribution in [0.15, 0.2) is 60.7 Å². The summed E-state index contributed by atoms with van der Waals surface area (Å²) >= 11 is 0. The van der Waals surface area contributed by atoms with Crippen LogP contribution in [0.2, 0.25) is 0 Å². The second-order valence-electron chi connectivity index (χ2n) is 8.44. The second kappa shape index (κ2) is 8.84. The van der Waals surface area contributed by atoms with Crippen LogP contribution in [0.1, 0.15) is 27.2 Å². The second-order valence-corrected chi connectivity index (χ2v) is 11.5. The SMILES string of the molecule is CC(C)(C)N1CCN(CCC#N)CC1[SiH](c1ccccc1)c1ccccc1. The average Bonchev–Trinajstić information content (AvgIpc) is 2.67. The Hall–Kier alpha value is -1.93. The first-order chi connectivity index (χ1) is 13.0. The molecule has 0 aliphatic carbocycles. The van der Waals surface area contributed by atoms with Crippen LogP contribution in [-0.4, -0.2) is 56.0 Å². The lowest BCUT2D eigenvalue weighted by atomic mass is 10.0. The number of hydrogen-bond donors (Lipinski definition) is 0. The van der Waals surface area contributed by atoms with Gasteiger partial charge in [-0.1, -0.05) is 71.0 Å². The lowest BCUT2D eigenvalue weighted by molar-refractivity contribution is 0.0426. The molecular weight excluding hydrogens is 346 g/mol. The highest BCUT2D eigenvalue weighted by molar-refractivity contribution is 6.86. The fourth-order valence-electron chi connectivity index (χ4n) is 4.36. The van der Waals surface area contributed by atoms with Crippen LogP contribution >= 0.6 is 0 Å². The van der Waals surface area contributed by atoms with Crippen LogP contribution in [0.4, 0.5) is 0 Å². The molecule has 2 aromatic carbocycles. The molecule has 142 valence electrons. The van der Waals surface area contributed by atoms with Gasteiger partial charge in [0.15, 0.2) is 0 Å². The Morgan fingerprint density at radius 1 is 0.963 bits per heavy atom. The smallest absolute Gasteiger partial charge is 0.122 e. The molecule has 1 aliphatic heterocycles. The van der Waals surface area contributed by atoms with E-state index >= 15 is 0 Å². The Labute approximate surface area is 165 Å². The summed E-state index contributed by atoms with van der Waals surface area (Å²) in [5.74, 6) is 0. The van der Waals surface area contributed by atoms with Gasteiger partial charge in [0.05, 0.1) is 6.07 Å². The largest absolute Gasteiger partial charge is 0.300 e. The first kappa shape index (κ1) is 19.8. The van der Waals surface area contributed by atoms with Gasteiger partial charge in [-0.25, -0.2) is 0 Å². The van der Waals surface area contributed by atoms with Crippen molar-refractivity contribution in [1.82, 2.24) is 9.80 Å². The predicted molar refractivity (Wildman–Crippen MR) is 116 cm³/mol. The fraction of sp³-hybridized carbons (Fsp3) is 0.435. The molecule has 27 heavy (non-hydrogen) atoms. The number of hydrogen-bond acceptors (Lipinski definition) is 3. The highest BCUT2D eigenvalue weighted by atomic mass is 28.3. The van der Waals surface area contributed by atoms with Crippen molar-refractivity contribution in [1.29, 1.82) is 5.26 Å². The zero-order valence-corrected chi connectivity index (χ0v) is 18.0. The molecule has 0 amide bonds. The molecule has 0 radical (unpaired) electrons. The van der Waals surface area contributed by atoms with E-state index in [9.17, 15) is 0 Å². The van der Waals surface area contributed by atoms with Crippen molar-refractivity contribution in [2.75, 3.05) is 26.2 Å². The third-order valence-corrected chi connectivity index (χ3v) is 9.15. The Kier molecular flexibility index (Phi) is 6.49. The molecule has 0 bridgehead atoms. The van der Waals surface area contributed by atoms with Crippen molar-refractivity contribution >= 4 is 19.2 Å². The Morgan fingerprint density at radius 2 is 1.52 bits per heavy atom. The molecule has 4 heteroatoms. The van der Waals surface area contributed by atoms with Crippen LogP contribution in [0.3, 0.4) is 0 Å². The Balaban J connectivity index is 2.01. The van der Waals surface area contributed by atoms with E-state index in [2.05, 4.69) is 97.3 Å². The van der Waals surface area contributed by atoms with E-state index in [1.807, 2.05) is 0 Å². The van der Waals surface area contributed by atoms with E-state index in [4.69, 9.17) is 5.26 Å². The maximum Gasteiger partial charge on any atom is 0.122 e. The van der Waals surface area contributed by atoms with Gasteiger partial charge in [-0.3, -0.25) is 9.80 Å². The van der Waals surface area contributed by atoms with Gasteiger partial charge in [-0.2, -0.15) is 5.26 Å². The minimum atomic E-state index is -1.46. The fourth-order valence-corrected chi connectivity index (χ4v) is 8.37. The van der Waals surface area contributed by atoms with E-state index < -0.39 is 8.80 Å². The molecule has 1 fully saturated rings. The first-order valence-corrected chi connectivity index (χ1v) is 11.8. The van der Waals surface area contributed by atoms with E-state index in [1.54, 1.807) is 0 Å².